The molecule has 1 amide bonds. The van der Waals surface area contributed by atoms with Crippen LogP contribution in [0.1, 0.15) is 41.0 Å². The lowest BCUT2D eigenvalue weighted by Crippen LogP contribution is -2.45. The molecule has 2 aromatic heterocycles. The second kappa shape index (κ2) is 13.3. The number of carbonyl (C=O) groups excluding carboxylic acids is 1. The second-order valence-corrected chi connectivity index (χ2v) is 11.3. The van der Waals surface area contributed by atoms with Crippen LogP contribution in [-0.2, 0) is 26.5 Å². The van der Waals surface area contributed by atoms with Crippen LogP contribution in [0, 0.1) is 0 Å². The minimum atomic E-state index is -1.47. The predicted molar refractivity (Wildman–Crippen MR) is 148 cm³/mol. The number of carbonyl (C=O) groups is 2. The van der Waals surface area contributed by atoms with Gasteiger partial charge >= 0.3 is 5.97 Å². The Labute approximate surface area is 230 Å². The fraction of sp³-hybridized carbons (Fsp3) is 0.429. The Morgan fingerprint density at radius 3 is 2.18 bits per heavy atom. The lowest BCUT2D eigenvalue weighted by Gasteiger charge is -2.38. The summed E-state index contributed by atoms with van der Waals surface area (Å²) in [7, 11) is 2.05. The highest BCUT2D eigenvalue weighted by Gasteiger charge is 2.48. The largest absolute Gasteiger partial charge is 0.484 e. The third-order valence-electron chi connectivity index (χ3n) is 6.91. The summed E-state index contributed by atoms with van der Waals surface area (Å²) < 4.78 is 12.0. The van der Waals surface area contributed by atoms with Crippen molar-refractivity contribution in [3.63, 3.8) is 0 Å². The molecule has 0 bridgehead atoms. The Morgan fingerprint density at radius 1 is 1.03 bits per heavy atom. The quantitative estimate of drug-likeness (QED) is 0.290. The Bertz CT molecular complexity index is 1110. The van der Waals surface area contributed by atoms with Gasteiger partial charge in [0.2, 0.25) is 5.60 Å². The molecule has 4 rings (SSSR count). The summed E-state index contributed by atoms with van der Waals surface area (Å²) in [5, 5.41) is 26.1. The maximum atomic E-state index is 12.6. The molecule has 0 aliphatic heterocycles. The zero-order chi connectivity index (χ0) is 27.0. The Morgan fingerprint density at radius 2 is 1.66 bits per heavy atom. The minimum absolute atomic E-state index is 0.0314. The van der Waals surface area contributed by atoms with Gasteiger partial charge < -0.3 is 29.9 Å². The molecule has 3 aromatic rings. The third-order valence-corrected chi connectivity index (χ3v) is 8.85. The van der Waals surface area contributed by atoms with Gasteiger partial charge in [0.05, 0.1) is 22.5 Å². The molecule has 3 N–H and O–H groups in total. The summed E-state index contributed by atoms with van der Waals surface area (Å²) in [5.74, 6) is -0.587. The van der Waals surface area contributed by atoms with Crippen LogP contribution >= 0.6 is 22.7 Å². The van der Waals surface area contributed by atoms with Crippen LogP contribution in [0.2, 0.25) is 0 Å². The Balaban J connectivity index is 1.22. The van der Waals surface area contributed by atoms with Crippen LogP contribution < -0.4 is 10.1 Å². The van der Waals surface area contributed by atoms with Crippen molar-refractivity contribution in [1.82, 2.24) is 10.2 Å². The van der Waals surface area contributed by atoms with E-state index in [0.29, 0.717) is 34.6 Å². The normalized spacial score (nSPS) is 17.9. The summed E-state index contributed by atoms with van der Waals surface area (Å²) >= 11 is 2.81. The zero-order valence-electron chi connectivity index (χ0n) is 21.4. The van der Waals surface area contributed by atoms with Crippen molar-refractivity contribution >= 4 is 34.6 Å². The van der Waals surface area contributed by atoms with Gasteiger partial charge in [-0.05, 0) is 73.3 Å². The molecule has 1 aromatic carbocycles. The van der Waals surface area contributed by atoms with E-state index in [0.717, 1.165) is 31.2 Å². The van der Waals surface area contributed by atoms with E-state index in [1.54, 1.807) is 24.3 Å². The maximum absolute atomic E-state index is 12.6. The minimum Gasteiger partial charge on any atom is -0.484 e. The van der Waals surface area contributed by atoms with Gasteiger partial charge in [-0.2, -0.15) is 0 Å². The molecule has 0 saturated heterocycles. The standard InChI is InChI=1S/C28H34N2O6S2/c1-30(15-14-29-26(32)19-35-22-10-6-20(18-31)7-11-22)21-8-12-23(13-9-21)36-28(27(33)34,24-4-2-16-37-24)25-5-3-17-38-25/h2-7,10-11,16-17,21,23,31H,8-9,12-15,18-19H2,1H3,(H,29,32)(H,33,34). The van der Waals surface area contributed by atoms with Crippen molar-refractivity contribution in [3.05, 3.63) is 74.6 Å². The third kappa shape index (κ3) is 6.81. The summed E-state index contributed by atoms with van der Waals surface area (Å²) in [6.45, 7) is 1.12. The summed E-state index contributed by atoms with van der Waals surface area (Å²) in [6, 6.07) is 14.7. The van der Waals surface area contributed by atoms with Gasteiger partial charge in [0.15, 0.2) is 6.61 Å². The number of carboxylic acids is 1. The highest BCUT2D eigenvalue weighted by Crippen LogP contribution is 2.42. The van der Waals surface area contributed by atoms with Crippen LogP contribution in [0.5, 0.6) is 5.75 Å². The number of amides is 1. The number of nitrogens with one attached hydrogen (secondary N) is 1. The van der Waals surface area contributed by atoms with Crippen molar-refractivity contribution in [1.29, 1.82) is 0 Å². The summed E-state index contributed by atoms with van der Waals surface area (Å²) in [4.78, 5) is 28.4. The number of hydrogen-bond donors (Lipinski definition) is 3. The molecular weight excluding hydrogens is 524 g/mol. The number of carboxylic acid groups (broad SMARTS) is 1. The van der Waals surface area contributed by atoms with E-state index in [1.165, 1.54) is 22.7 Å². The van der Waals surface area contributed by atoms with E-state index in [9.17, 15) is 14.7 Å². The smallest absolute Gasteiger partial charge is 0.347 e. The number of thiophene rings is 2. The second-order valence-electron chi connectivity index (χ2n) is 9.41. The van der Waals surface area contributed by atoms with Crippen molar-refractivity contribution in [2.45, 2.75) is 50.0 Å². The summed E-state index contributed by atoms with van der Waals surface area (Å²) in [6.07, 6.45) is 3.19. The van der Waals surface area contributed by atoms with Crippen LogP contribution in [0.4, 0.5) is 0 Å². The van der Waals surface area contributed by atoms with Crippen molar-refractivity contribution in [3.8, 4) is 5.75 Å². The van der Waals surface area contributed by atoms with Gasteiger partial charge in [0.25, 0.3) is 5.91 Å². The molecule has 38 heavy (non-hydrogen) atoms. The van der Waals surface area contributed by atoms with E-state index in [2.05, 4.69) is 17.3 Å². The molecule has 1 saturated carbocycles. The van der Waals surface area contributed by atoms with Gasteiger partial charge in [-0.25, -0.2) is 4.79 Å². The van der Waals surface area contributed by atoms with Crippen molar-refractivity contribution in [2.75, 3.05) is 26.7 Å². The monoisotopic (exact) mass is 558 g/mol. The SMILES string of the molecule is CN(CCNC(=O)COc1ccc(CO)cc1)C1CCC(OC(C(=O)O)(c2cccs2)c2cccs2)CC1. The van der Waals surface area contributed by atoms with Gasteiger partial charge in [-0.3, -0.25) is 4.79 Å². The molecule has 0 atom stereocenters. The zero-order valence-corrected chi connectivity index (χ0v) is 23.0. The van der Waals surface area contributed by atoms with Gasteiger partial charge in [-0.15, -0.1) is 22.7 Å². The highest BCUT2D eigenvalue weighted by molar-refractivity contribution is 7.12. The number of ether oxygens (including phenoxy) is 2. The van der Waals surface area contributed by atoms with Crippen molar-refractivity contribution in [2.24, 2.45) is 0 Å². The lowest BCUT2D eigenvalue weighted by atomic mass is 9.90. The van der Waals surface area contributed by atoms with E-state index in [4.69, 9.17) is 14.6 Å². The number of aliphatic carboxylic acids is 1. The Hall–Kier alpha value is -2.76. The molecule has 10 heteroatoms. The van der Waals surface area contributed by atoms with Crippen LogP contribution in [-0.4, -0.2) is 65.9 Å². The summed E-state index contributed by atoms with van der Waals surface area (Å²) in [5.41, 5.74) is -0.685. The maximum Gasteiger partial charge on any atom is 0.347 e. The molecule has 2 heterocycles. The average Bonchev–Trinajstić information content (AvgIpc) is 3.67. The molecular formula is C28H34N2O6S2. The van der Waals surface area contributed by atoms with Crippen LogP contribution in [0.25, 0.3) is 0 Å². The first-order valence-electron chi connectivity index (χ1n) is 12.7. The lowest BCUT2D eigenvalue weighted by molar-refractivity contribution is -0.170. The van der Waals surface area contributed by atoms with E-state index < -0.39 is 11.6 Å². The van der Waals surface area contributed by atoms with Gasteiger partial charge in [-0.1, -0.05) is 24.3 Å². The molecule has 1 fully saturated rings. The van der Waals surface area contributed by atoms with Crippen molar-refractivity contribution < 1.29 is 29.3 Å². The fourth-order valence-electron chi connectivity index (χ4n) is 4.76. The van der Waals surface area contributed by atoms with Crippen LogP contribution in [0.3, 0.4) is 0 Å². The number of aliphatic hydroxyl groups excluding tert-OH is 1. The molecule has 8 nitrogen and oxygen atoms in total. The molecule has 0 unspecified atom stereocenters. The number of nitrogens with zero attached hydrogens (tertiary/aromatic N) is 1. The average molecular weight is 559 g/mol. The number of hydrogen-bond acceptors (Lipinski definition) is 8. The van der Waals surface area contributed by atoms with E-state index >= 15 is 0 Å². The first-order chi connectivity index (χ1) is 18.4. The highest BCUT2D eigenvalue weighted by atomic mass is 32.1. The number of rotatable bonds is 13. The van der Waals surface area contributed by atoms with E-state index in [1.807, 2.05) is 35.0 Å². The molecule has 0 radical (unpaired) electrons. The number of likely N-dealkylation sites (N-methyl/N-ethyl adjacent to an activating group) is 1. The fourth-order valence-corrected chi connectivity index (χ4v) is 6.56. The van der Waals surface area contributed by atoms with E-state index in [-0.39, 0.29) is 25.2 Å². The van der Waals surface area contributed by atoms with Gasteiger partial charge in [0.1, 0.15) is 5.75 Å². The predicted octanol–water partition coefficient (Wildman–Crippen LogP) is 4.08. The molecule has 1 aliphatic rings. The van der Waals surface area contributed by atoms with Crippen LogP contribution in [0.15, 0.2) is 59.3 Å². The number of benzene rings is 1. The number of aliphatic hydroxyl groups is 1. The topological polar surface area (TPSA) is 108 Å². The van der Waals surface area contributed by atoms with Gasteiger partial charge in [0, 0.05) is 19.1 Å². The molecule has 0 spiro atoms. The first-order valence-corrected chi connectivity index (χ1v) is 14.5. The first kappa shape index (κ1) is 28.3. The molecule has 204 valence electrons. The molecule has 1 aliphatic carbocycles. The Kier molecular flexibility index (Phi) is 9.92.